The zero-order valence-corrected chi connectivity index (χ0v) is 25.0. The van der Waals surface area contributed by atoms with E-state index in [1.54, 1.807) is 21.3 Å². The fourth-order valence-corrected chi connectivity index (χ4v) is 5.84. The number of hydrogen-bond acceptors (Lipinski definition) is 8. The van der Waals surface area contributed by atoms with E-state index in [1.165, 1.54) is 0 Å². The van der Waals surface area contributed by atoms with Gasteiger partial charge in [0, 0.05) is 36.1 Å². The number of Topliss-reactive ketones (excluding diaryl/α,β-unsaturated/α-hetero) is 1. The Kier molecular flexibility index (Phi) is 9.47. The summed E-state index contributed by atoms with van der Waals surface area (Å²) in [4.78, 5) is 27.7. The number of carbonyl (C=O) groups is 2. The van der Waals surface area contributed by atoms with E-state index in [4.69, 9.17) is 23.7 Å². The van der Waals surface area contributed by atoms with Crippen LogP contribution >= 0.6 is 0 Å². The number of carbonyl (C=O) groups excluding carboxylic acids is 2. The molecule has 2 aliphatic rings. The van der Waals surface area contributed by atoms with E-state index in [2.05, 4.69) is 5.32 Å². The summed E-state index contributed by atoms with van der Waals surface area (Å²) in [5.41, 5.74) is 5.13. The Balaban J connectivity index is 1.55. The van der Waals surface area contributed by atoms with E-state index in [0.29, 0.717) is 47.1 Å². The number of ether oxygens (including phenoxy) is 5. The van der Waals surface area contributed by atoms with Crippen molar-refractivity contribution in [3.05, 3.63) is 112 Å². The Bertz CT molecular complexity index is 1540. The quantitative estimate of drug-likeness (QED) is 0.223. The predicted octanol–water partition coefficient (Wildman–Crippen LogP) is 5.83. The van der Waals surface area contributed by atoms with Crippen LogP contribution in [0.4, 0.5) is 0 Å². The summed E-state index contributed by atoms with van der Waals surface area (Å²) in [5, 5.41) is 3.41. The van der Waals surface area contributed by atoms with Gasteiger partial charge in [0.25, 0.3) is 0 Å². The van der Waals surface area contributed by atoms with Crippen molar-refractivity contribution in [2.75, 3.05) is 34.5 Å². The fourth-order valence-electron chi connectivity index (χ4n) is 5.84. The lowest BCUT2D eigenvalue weighted by molar-refractivity contribution is -0.140. The van der Waals surface area contributed by atoms with Crippen LogP contribution in [0, 0.1) is 0 Å². The van der Waals surface area contributed by atoms with Crippen molar-refractivity contribution >= 4 is 11.8 Å². The molecule has 1 heterocycles. The Labute approximate surface area is 252 Å². The van der Waals surface area contributed by atoms with Crippen LogP contribution in [0.15, 0.2) is 95.3 Å². The molecule has 0 unspecified atom stereocenters. The molecule has 5 rings (SSSR count). The number of esters is 1. The number of allylic oxidation sites excluding steroid dienone is 3. The minimum Gasteiger partial charge on any atom is -0.493 e. The number of ketones is 1. The van der Waals surface area contributed by atoms with Crippen LogP contribution in [0.5, 0.6) is 17.2 Å². The topological polar surface area (TPSA) is 92.3 Å². The molecule has 1 aliphatic carbocycles. The molecule has 0 saturated heterocycles. The Hall–Kier alpha value is -4.56. The molecule has 0 bridgehead atoms. The molecule has 3 aromatic rings. The Morgan fingerprint density at radius 1 is 0.860 bits per heavy atom. The van der Waals surface area contributed by atoms with Gasteiger partial charge in [-0.25, -0.2) is 4.79 Å². The lowest BCUT2D eigenvalue weighted by Crippen LogP contribution is -2.36. The van der Waals surface area contributed by atoms with Crippen LogP contribution in [0.25, 0.3) is 0 Å². The summed E-state index contributed by atoms with van der Waals surface area (Å²) in [5.74, 6) is 0.589. The number of benzene rings is 3. The van der Waals surface area contributed by atoms with Crippen molar-refractivity contribution in [1.82, 2.24) is 5.32 Å². The second kappa shape index (κ2) is 13.6. The van der Waals surface area contributed by atoms with E-state index in [0.717, 1.165) is 22.4 Å². The molecule has 43 heavy (non-hydrogen) atoms. The smallest absolute Gasteiger partial charge is 0.336 e. The van der Waals surface area contributed by atoms with Crippen LogP contribution in [0.1, 0.15) is 48.3 Å². The van der Waals surface area contributed by atoms with E-state index in [1.807, 2.05) is 79.7 Å². The van der Waals surface area contributed by atoms with Gasteiger partial charge in [-0.2, -0.15) is 0 Å². The summed E-state index contributed by atoms with van der Waals surface area (Å²) >= 11 is 0. The molecule has 224 valence electrons. The summed E-state index contributed by atoms with van der Waals surface area (Å²) in [6.07, 6.45) is 0.869. The predicted molar refractivity (Wildman–Crippen MR) is 162 cm³/mol. The molecule has 8 nitrogen and oxygen atoms in total. The highest BCUT2D eigenvalue weighted by atomic mass is 16.6. The number of para-hydroxylation sites is 1. The van der Waals surface area contributed by atoms with Crippen molar-refractivity contribution in [2.24, 2.45) is 0 Å². The average Bonchev–Trinajstić information content (AvgIpc) is 3.03. The molecule has 0 amide bonds. The van der Waals surface area contributed by atoms with Crippen LogP contribution < -0.4 is 19.5 Å². The van der Waals surface area contributed by atoms with Crippen LogP contribution in [-0.4, -0.2) is 46.3 Å². The molecule has 3 aromatic carbocycles. The highest BCUT2D eigenvalue weighted by Gasteiger charge is 2.42. The molecule has 8 heteroatoms. The molecule has 1 aliphatic heterocycles. The first-order chi connectivity index (χ1) is 20.9. The van der Waals surface area contributed by atoms with Gasteiger partial charge in [0.1, 0.15) is 19.0 Å². The summed E-state index contributed by atoms with van der Waals surface area (Å²) in [7, 11) is 4.75. The van der Waals surface area contributed by atoms with E-state index in [9.17, 15) is 9.59 Å². The second-order valence-corrected chi connectivity index (χ2v) is 10.6. The maximum Gasteiger partial charge on any atom is 0.336 e. The Morgan fingerprint density at radius 2 is 1.60 bits per heavy atom. The number of methoxy groups -OCH3 is 3. The number of hydrogen-bond donors (Lipinski definition) is 1. The second-order valence-electron chi connectivity index (χ2n) is 10.6. The number of dihydropyridines is 1. The van der Waals surface area contributed by atoms with Gasteiger partial charge in [0.05, 0.1) is 32.3 Å². The zero-order valence-electron chi connectivity index (χ0n) is 25.0. The summed E-state index contributed by atoms with van der Waals surface area (Å²) in [6.45, 7) is 2.57. The highest BCUT2D eigenvalue weighted by Crippen LogP contribution is 2.48. The van der Waals surface area contributed by atoms with Crippen LogP contribution in [-0.2, 0) is 25.7 Å². The van der Waals surface area contributed by atoms with E-state index < -0.39 is 11.9 Å². The van der Waals surface area contributed by atoms with Gasteiger partial charge in [0.2, 0.25) is 0 Å². The fraction of sp³-hybridized carbons (Fsp3) is 0.314. The highest BCUT2D eigenvalue weighted by molar-refractivity contribution is 6.04. The van der Waals surface area contributed by atoms with Gasteiger partial charge >= 0.3 is 5.97 Å². The molecule has 2 atom stereocenters. The van der Waals surface area contributed by atoms with Gasteiger partial charge < -0.3 is 29.0 Å². The van der Waals surface area contributed by atoms with Gasteiger partial charge in [0.15, 0.2) is 17.3 Å². The van der Waals surface area contributed by atoms with Crippen molar-refractivity contribution in [1.29, 1.82) is 0 Å². The first kappa shape index (κ1) is 29.9. The number of nitrogens with one attached hydrogen (secondary N) is 1. The maximum atomic E-state index is 14.1. The van der Waals surface area contributed by atoms with E-state index >= 15 is 0 Å². The van der Waals surface area contributed by atoms with Crippen molar-refractivity contribution in [3.8, 4) is 17.2 Å². The largest absolute Gasteiger partial charge is 0.493 e. The first-order valence-electron chi connectivity index (χ1n) is 14.3. The van der Waals surface area contributed by atoms with Crippen LogP contribution in [0.2, 0.25) is 0 Å². The normalized spacial score (nSPS) is 18.1. The Morgan fingerprint density at radius 3 is 2.35 bits per heavy atom. The standard InChI is InChI=1S/C35H37NO7/c1-22-32(35(38)42-17-16-39-2)33(26-12-8-9-13-29(26)43-21-23-10-6-5-7-11-23)34-27(36-22)18-25(19-28(34)37)24-14-15-30(40-3)31(20-24)41-4/h5-15,20,25,33,36H,16-19,21H2,1-4H3/t25-,33-/m1/s1. The molecule has 0 aromatic heterocycles. The van der Waals surface area contributed by atoms with Crippen molar-refractivity contribution in [3.63, 3.8) is 0 Å². The molecular formula is C35H37NO7. The third kappa shape index (κ3) is 6.44. The minimum absolute atomic E-state index is 0.0360. The molecule has 0 saturated carbocycles. The van der Waals surface area contributed by atoms with Gasteiger partial charge in [-0.05, 0) is 48.6 Å². The van der Waals surface area contributed by atoms with Gasteiger partial charge in [-0.15, -0.1) is 0 Å². The average molecular weight is 584 g/mol. The zero-order chi connectivity index (χ0) is 30.3. The number of rotatable bonds is 11. The molecule has 1 N–H and O–H groups in total. The molecular weight excluding hydrogens is 546 g/mol. The maximum absolute atomic E-state index is 14.1. The lowest BCUT2D eigenvalue weighted by atomic mass is 9.71. The summed E-state index contributed by atoms with van der Waals surface area (Å²) in [6, 6.07) is 23.2. The van der Waals surface area contributed by atoms with Crippen LogP contribution in [0.3, 0.4) is 0 Å². The SMILES string of the molecule is COCCOC(=O)C1=C(C)NC2=C(C(=O)C[C@H](c3ccc(OC)c(OC)c3)C2)[C@@H]1c1ccccc1OCc1ccccc1. The van der Waals surface area contributed by atoms with E-state index in [-0.39, 0.29) is 31.3 Å². The molecule has 0 radical (unpaired) electrons. The van der Waals surface area contributed by atoms with Gasteiger partial charge in [-0.1, -0.05) is 54.6 Å². The minimum atomic E-state index is -0.655. The lowest BCUT2D eigenvalue weighted by Gasteiger charge is -2.37. The van der Waals surface area contributed by atoms with Gasteiger partial charge in [-0.3, -0.25) is 4.79 Å². The third-order valence-electron chi connectivity index (χ3n) is 7.91. The molecule has 0 spiro atoms. The van der Waals surface area contributed by atoms with Crippen molar-refractivity contribution < 1.29 is 33.3 Å². The van der Waals surface area contributed by atoms with Crippen molar-refractivity contribution in [2.45, 2.75) is 38.2 Å². The monoisotopic (exact) mass is 583 g/mol. The third-order valence-corrected chi connectivity index (χ3v) is 7.91. The first-order valence-corrected chi connectivity index (χ1v) is 14.3. The molecule has 0 fully saturated rings. The summed E-state index contributed by atoms with van der Waals surface area (Å²) < 4.78 is 27.9.